The molecule has 0 bridgehead atoms. The quantitative estimate of drug-likeness (QED) is 0.852. The number of carbonyl (C=O) groups excluding carboxylic acids is 1. The molecule has 5 nitrogen and oxygen atoms in total. The molecule has 2 aromatic rings. The first-order valence-corrected chi connectivity index (χ1v) is 6.41. The molecule has 1 aliphatic rings. The Morgan fingerprint density at radius 3 is 3.00 bits per heavy atom. The third-order valence-corrected chi connectivity index (χ3v) is 4.20. The van der Waals surface area contributed by atoms with Crippen molar-refractivity contribution in [1.82, 2.24) is 14.9 Å². The number of carbonyl (C=O) groups is 1. The van der Waals surface area contributed by atoms with Crippen molar-refractivity contribution in [2.75, 3.05) is 0 Å². The summed E-state index contributed by atoms with van der Waals surface area (Å²) >= 11 is 0. The number of aromatic nitrogens is 2. The minimum Gasteiger partial charge on any atom is -0.392 e. The molecule has 100 valence electrons. The van der Waals surface area contributed by atoms with Gasteiger partial charge < -0.3 is 10.4 Å². The van der Waals surface area contributed by atoms with Crippen LogP contribution in [0.5, 0.6) is 0 Å². The first-order valence-electron chi connectivity index (χ1n) is 6.41. The van der Waals surface area contributed by atoms with Crippen LogP contribution in [0.4, 0.5) is 0 Å². The van der Waals surface area contributed by atoms with Crippen LogP contribution in [0.1, 0.15) is 30.6 Å². The van der Waals surface area contributed by atoms with E-state index in [1.165, 1.54) is 0 Å². The van der Waals surface area contributed by atoms with E-state index in [4.69, 9.17) is 0 Å². The first kappa shape index (κ1) is 12.2. The van der Waals surface area contributed by atoms with Crippen molar-refractivity contribution in [3.05, 3.63) is 36.2 Å². The maximum absolute atomic E-state index is 12.3. The summed E-state index contributed by atoms with van der Waals surface area (Å²) in [5.74, 6) is -0.111. The van der Waals surface area contributed by atoms with Gasteiger partial charge in [-0.1, -0.05) is 13.8 Å². The van der Waals surface area contributed by atoms with Crippen LogP contribution in [-0.2, 0) is 0 Å². The minimum absolute atomic E-state index is 0.0154. The van der Waals surface area contributed by atoms with Gasteiger partial charge in [0, 0.05) is 23.9 Å². The predicted molar refractivity (Wildman–Crippen MR) is 70.9 cm³/mol. The number of hydrogen-bond donors (Lipinski definition) is 2. The van der Waals surface area contributed by atoms with Crippen molar-refractivity contribution in [3.8, 4) is 0 Å². The monoisotopic (exact) mass is 259 g/mol. The summed E-state index contributed by atoms with van der Waals surface area (Å²) in [6.07, 6.45) is 3.72. The van der Waals surface area contributed by atoms with Crippen LogP contribution in [0.3, 0.4) is 0 Å². The van der Waals surface area contributed by atoms with Gasteiger partial charge in [0.25, 0.3) is 5.91 Å². The lowest BCUT2D eigenvalue weighted by Gasteiger charge is -2.49. The van der Waals surface area contributed by atoms with Gasteiger partial charge in [0.05, 0.1) is 17.2 Å². The van der Waals surface area contributed by atoms with Gasteiger partial charge in [-0.3, -0.25) is 4.79 Å². The second kappa shape index (κ2) is 4.06. The van der Waals surface area contributed by atoms with Gasteiger partial charge in [0.15, 0.2) is 0 Å². The van der Waals surface area contributed by atoms with Crippen molar-refractivity contribution < 1.29 is 9.90 Å². The number of rotatable bonds is 2. The van der Waals surface area contributed by atoms with E-state index >= 15 is 0 Å². The van der Waals surface area contributed by atoms with Crippen LogP contribution in [-0.4, -0.2) is 32.8 Å². The van der Waals surface area contributed by atoms with E-state index < -0.39 is 0 Å². The number of hydrogen-bond acceptors (Lipinski definition) is 3. The molecular formula is C14H17N3O2. The first-order chi connectivity index (χ1) is 9.00. The zero-order valence-electron chi connectivity index (χ0n) is 11.0. The summed E-state index contributed by atoms with van der Waals surface area (Å²) in [6.45, 7) is 3.93. The molecule has 0 aliphatic heterocycles. The fourth-order valence-electron chi connectivity index (χ4n) is 2.52. The van der Waals surface area contributed by atoms with Gasteiger partial charge >= 0.3 is 0 Å². The number of nitrogens with one attached hydrogen (secondary N) is 1. The number of aliphatic hydroxyl groups excluding tert-OH is 1. The van der Waals surface area contributed by atoms with E-state index in [0.29, 0.717) is 12.0 Å². The molecule has 2 heterocycles. The summed E-state index contributed by atoms with van der Waals surface area (Å²) < 4.78 is 1.68. The fourth-order valence-corrected chi connectivity index (χ4v) is 2.52. The SMILES string of the molecule is CC1(C)C(O)CC1NC(=O)c1ccn2ncccc12. The van der Waals surface area contributed by atoms with Crippen LogP contribution < -0.4 is 5.32 Å². The van der Waals surface area contributed by atoms with Gasteiger partial charge in [0.2, 0.25) is 0 Å². The number of fused-ring (bicyclic) bond motifs is 1. The Hall–Kier alpha value is -1.88. The Kier molecular flexibility index (Phi) is 2.60. The Bertz CT molecular complexity index is 632. The van der Waals surface area contributed by atoms with Gasteiger partial charge in [-0.05, 0) is 24.6 Å². The molecule has 2 N–H and O–H groups in total. The lowest BCUT2D eigenvalue weighted by Crippen LogP contribution is -2.61. The number of nitrogens with zero attached hydrogens (tertiary/aromatic N) is 2. The highest BCUT2D eigenvalue weighted by atomic mass is 16.3. The van der Waals surface area contributed by atoms with Gasteiger partial charge in [0.1, 0.15) is 0 Å². The Morgan fingerprint density at radius 2 is 2.32 bits per heavy atom. The van der Waals surface area contributed by atoms with Crippen LogP contribution in [0.2, 0.25) is 0 Å². The van der Waals surface area contributed by atoms with Crippen LogP contribution >= 0.6 is 0 Å². The van der Waals surface area contributed by atoms with Crippen molar-refractivity contribution >= 4 is 11.4 Å². The zero-order chi connectivity index (χ0) is 13.6. The third-order valence-electron chi connectivity index (χ3n) is 4.20. The second-order valence-electron chi connectivity index (χ2n) is 5.68. The largest absolute Gasteiger partial charge is 0.392 e. The minimum atomic E-state index is -0.342. The Labute approximate surface area is 111 Å². The highest BCUT2D eigenvalue weighted by Crippen LogP contribution is 2.40. The fraction of sp³-hybridized carbons (Fsp3) is 0.429. The molecule has 0 saturated heterocycles. The molecule has 19 heavy (non-hydrogen) atoms. The van der Waals surface area contributed by atoms with Crippen LogP contribution in [0.15, 0.2) is 30.6 Å². The van der Waals surface area contributed by atoms with Crippen molar-refractivity contribution in [2.45, 2.75) is 32.4 Å². The molecule has 2 atom stereocenters. The van der Waals surface area contributed by atoms with E-state index in [1.54, 1.807) is 23.0 Å². The summed E-state index contributed by atoms with van der Waals surface area (Å²) in [5, 5.41) is 16.8. The van der Waals surface area contributed by atoms with Gasteiger partial charge in [-0.2, -0.15) is 5.10 Å². The highest BCUT2D eigenvalue weighted by molar-refractivity contribution is 6.01. The van der Waals surface area contributed by atoms with Crippen LogP contribution in [0.25, 0.3) is 5.52 Å². The lowest BCUT2D eigenvalue weighted by atomic mass is 9.64. The van der Waals surface area contributed by atoms with Crippen molar-refractivity contribution in [1.29, 1.82) is 0 Å². The lowest BCUT2D eigenvalue weighted by molar-refractivity contribution is -0.0689. The molecule has 1 aliphatic carbocycles. The molecule has 1 amide bonds. The summed E-state index contributed by atoms with van der Waals surface area (Å²) in [7, 11) is 0. The Morgan fingerprint density at radius 1 is 1.53 bits per heavy atom. The van der Waals surface area contributed by atoms with E-state index in [1.807, 2.05) is 26.0 Å². The average molecular weight is 259 g/mol. The maximum atomic E-state index is 12.3. The van der Waals surface area contributed by atoms with E-state index in [0.717, 1.165) is 5.52 Å². The Balaban J connectivity index is 1.82. The second-order valence-corrected chi connectivity index (χ2v) is 5.68. The normalized spacial score (nSPS) is 25.0. The van der Waals surface area contributed by atoms with Crippen molar-refractivity contribution in [2.24, 2.45) is 5.41 Å². The van der Waals surface area contributed by atoms with Gasteiger partial charge in [-0.15, -0.1) is 0 Å². The average Bonchev–Trinajstić information content (AvgIpc) is 2.82. The van der Waals surface area contributed by atoms with E-state index in [2.05, 4.69) is 10.4 Å². The maximum Gasteiger partial charge on any atom is 0.253 e. The smallest absolute Gasteiger partial charge is 0.253 e. The molecule has 2 aromatic heterocycles. The molecule has 3 rings (SSSR count). The molecule has 0 aromatic carbocycles. The number of amides is 1. The van der Waals surface area contributed by atoms with Gasteiger partial charge in [-0.25, -0.2) is 4.52 Å². The van der Waals surface area contributed by atoms with Crippen molar-refractivity contribution in [3.63, 3.8) is 0 Å². The standard InChI is InChI=1S/C14H17N3O2/c1-14(2)11(8-12(14)18)16-13(19)9-5-7-17-10(9)4-3-6-15-17/h3-7,11-12,18H,8H2,1-2H3,(H,16,19). The zero-order valence-corrected chi connectivity index (χ0v) is 11.0. The molecular weight excluding hydrogens is 242 g/mol. The summed E-state index contributed by atoms with van der Waals surface area (Å²) in [5.41, 5.74) is 1.15. The third kappa shape index (κ3) is 1.81. The predicted octanol–water partition coefficient (Wildman–Crippen LogP) is 1.22. The highest BCUT2D eigenvalue weighted by Gasteiger charge is 2.48. The summed E-state index contributed by atoms with van der Waals surface area (Å²) in [6, 6.07) is 5.45. The topological polar surface area (TPSA) is 66.6 Å². The molecule has 0 radical (unpaired) electrons. The summed E-state index contributed by atoms with van der Waals surface area (Å²) in [4.78, 5) is 12.3. The molecule has 5 heteroatoms. The van der Waals surface area contributed by atoms with Crippen LogP contribution in [0, 0.1) is 5.41 Å². The van der Waals surface area contributed by atoms with E-state index in [-0.39, 0.29) is 23.5 Å². The molecule has 1 fully saturated rings. The number of aliphatic hydroxyl groups is 1. The van der Waals surface area contributed by atoms with E-state index in [9.17, 15) is 9.90 Å². The molecule has 1 saturated carbocycles. The molecule has 2 unspecified atom stereocenters. The molecule has 0 spiro atoms.